The minimum atomic E-state index is 0.581. The predicted molar refractivity (Wildman–Crippen MR) is 107 cm³/mol. The van der Waals surface area contributed by atoms with Crippen LogP contribution in [0.3, 0.4) is 0 Å². The molecule has 0 saturated heterocycles. The molecule has 5 nitrogen and oxygen atoms in total. The maximum absolute atomic E-state index is 4.40. The van der Waals surface area contributed by atoms with Gasteiger partial charge in [0, 0.05) is 23.8 Å². The molecule has 2 aromatic heterocycles. The van der Waals surface area contributed by atoms with Crippen LogP contribution in [-0.2, 0) is 12.8 Å². The Morgan fingerprint density at radius 2 is 1.62 bits per heavy atom. The Kier molecular flexibility index (Phi) is 5.79. The molecule has 2 heterocycles. The van der Waals surface area contributed by atoms with E-state index in [1.807, 2.05) is 12.3 Å². The summed E-state index contributed by atoms with van der Waals surface area (Å²) < 4.78 is 0. The highest BCUT2D eigenvalue weighted by molar-refractivity contribution is 5.62. The molecule has 0 radical (unpaired) electrons. The number of nitrogens with zero attached hydrogens (tertiary/aromatic N) is 3. The van der Waals surface area contributed by atoms with Gasteiger partial charge in [0.1, 0.15) is 0 Å². The first kappa shape index (κ1) is 17.9. The Hall–Kier alpha value is -2.95. The second-order valence-corrected chi connectivity index (χ2v) is 6.73. The van der Waals surface area contributed by atoms with Crippen LogP contribution < -0.4 is 10.6 Å². The van der Waals surface area contributed by atoms with Crippen molar-refractivity contribution in [3.63, 3.8) is 0 Å². The number of nitrogens with one attached hydrogen (secondary N) is 2. The Morgan fingerprint density at radius 1 is 0.885 bits per heavy atom. The molecule has 0 aliphatic rings. The second-order valence-electron chi connectivity index (χ2n) is 6.73. The Bertz CT molecular complexity index is 826. The summed E-state index contributed by atoms with van der Waals surface area (Å²) in [6, 6.07) is 10.4. The zero-order chi connectivity index (χ0) is 18.4. The third-order valence-electron chi connectivity index (χ3n) is 4.07. The predicted octanol–water partition coefficient (Wildman–Crippen LogP) is 5.12. The summed E-state index contributed by atoms with van der Waals surface area (Å²) in [5, 5.41) is 6.59. The fraction of sp³-hybridized carbons (Fsp3) is 0.286. The highest BCUT2D eigenvalue weighted by Gasteiger charge is 2.03. The number of aromatic nitrogens is 3. The van der Waals surface area contributed by atoms with Gasteiger partial charge in [-0.05, 0) is 48.1 Å². The molecule has 0 fully saturated rings. The first-order chi connectivity index (χ1) is 12.6. The second kappa shape index (κ2) is 8.43. The van der Waals surface area contributed by atoms with Crippen LogP contribution in [-0.4, -0.2) is 15.0 Å². The lowest BCUT2D eigenvalue weighted by Gasteiger charge is -2.11. The fourth-order valence-corrected chi connectivity index (χ4v) is 2.77. The van der Waals surface area contributed by atoms with Crippen LogP contribution in [0, 0.1) is 5.92 Å². The highest BCUT2D eigenvalue weighted by Crippen LogP contribution is 2.21. The number of rotatable bonds is 7. The Labute approximate surface area is 154 Å². The van der Waals surface area contributed by atoms with Gasteiger partial charge in [-0.1, -0.05) is 32.9 Å². The monoisotopic (exact) mass is 347 g/mol. The summed E-state index contributed by atoms with van der Waals surface area (Å²) in [4.78, 5) is 13.0. The number of hydrogen-bond acceptors (Lipinski definition) is 5. The van der Waals surface area contributed by atoms with Gasteiger partial charge in [0.2, 0.25) is 5.95 Å². The largest absolute Gasteiger partial charge is 0.353 e. The van der Waals surface area contributed by atoms with Crippen molar-refractivity contribution in [1.29, 1.82) is 0 Å². The van der Waals surface area contributed by atoms with E-state index in [0.717, 1.165) is 35.5 Å². The molecule has 0 bridgehead atoms. The number of aryl methyl sites for hydroxylation is 1. The van der Waals surface area contributed by atoms with Crippen LogP contribution in [0.15, 0.2) is 55.1 Å². The van der Waals surface area contributed by atoms with Crippen molar-refractivity contribution in [1.82, 2.24) is 15.0 Å². The van der Waals surface area contributed by atoms with Gasteiger partial charge in [0.25, 0.3) is 0 Å². The van der Waals surface area contributed by atoms with E-state index in [9.17, 15) is 0 Å². The molecule has 0 aliphatic carbocycles. The first-order valence-corrected chi connectivity index (χ1v) is 9.02. The van der Waals surface area contributed by atoms with Crippen LogP contribution in [0.5, 0.6) is 0 Å². The SMILES string of the molecule is CCc1cnccc1Nc1cnc(Nc2ccc(CC(C)C)cc2)nc1. The fourth-order valence-electron chi connectivity index (χ4n) is 2.77. The number of pyridine rings is 1. The summed E-state index contributed by atoms with van der Waals surface area (Å²) >= 11 is 0. The van der Waals surface area contributed by atoms with Crippen LogP contribution in [0.25, 0.3) is 0 Å². The van der Waals surface area contributed by atoms with E-state index in [2.05, 4.69) is 70.6 Å². The van der Waals surface area contributed by atoms with Gasteiger partial charge in [-0.25, -0.2) is 9.97 Å². The Balaban J connectivity index is 1.64. The molecular weight excluding hydrogens is 322 g/mol. The summed E-state index contributed by atoms with van der Waals surface area (Å²) in [7, 11) is 0. The van der Waals surface area contributed by atoms with Crippen molar-refractivity contribution >= 4 is 23.0 Å². The maximum atomic E-state index is 4.40. The molecule has 0 spiro atoms. The molecule has 1 aromatic carbocycles. The van der Waals surface area contributed by atoms with E-state index in [1.54, 1.807) is 18.6 Å². The zero-order valence-electron chi connectivity index (χ0n) is 15.5. The van der Waals surface area contributed by atoms with Crippen molar-refractivity contribution < 1.29 is 0 Å². The lowest BCUT2D eigenvalue weighted by molar-refractivity contribution is 0.647. The normalized spacial score (nSPS) is 10.8. The molecule has 2 N–H and O–H groups in total. The van der Waals surface area contributed by atoms with Gasteiger partial charge in [-0.3, -0.25) is 4.98 Å². The summed E-state index contributed by atoms with van der Waals surface area (Å²) in [6.45, 7) is 6.56. The van der Waals surface area contributed by atoms with Crippen LogP contribution in [0.1, 0.15) is 31.9 Å². The van der Waals surface area contributed by atoms with E-state index >= 15 is 0 Å². The van der Waals surface area contributed by atoms with Gasteiger partial charge in [0.05, 0.1) is 18.1 Å². The molecule has 5 heteroatoms. The molecule has 0 saturated carbocycles. The third-order valence-corrected chi connectivity index (χ3v) is 4.07. The topological polar surface area (TPSA) is 62.7 Å². The summed E-state index contributed by atoms with van der Waals surface area (Å²) in [5.74, 6) is 1.24. The molecule has 0 atom stereocenters. The molecule has 0 aliphatic heterocycles. The lowest BCUT2D eigenvalue weighted by atomic mass is 10.0. The summed E-state index contributed by atoms with van der Waals surface area (Å²) in [5.41, 5.74) is 5.38. The first-order valence-electron chi connectivity index (χ1n) is 9.02. The molecular formula is C21H25N5. The zero-order valence-corrected chi connectivity index (χ0v) is 15.5. The minimum absolute atomic E-state index is 0.581. The number of benzene rings is 1. The smallest absolute Gasteiger partial charge is 0.227 e. The van der Waals surface area contributed by atoms with E-state index in [0.29, 0.717) is 11.9 Å². The van der Waals surface area contributed by atoms with Gasteiger partial charge < -0.3 is 10.6 Å². The Morgan fingerprint density at radius 3 is 2.27 bits per heavy atom. The van der Waals surface area contributed by atoms with Crippen molar-refractivity contribution in [2.24, 2.45) is 5.92 Å². The van der Waals surface area contributed by atoms with E-state index in [1.165, 1.54) is 5.56 Å². The van der Waals surface area contributed by atoms with Crippen LogP contribution in [0.2, 0.25) is 0 Å². The average molecular weight is 347 g/mol. The minimum Gasteiger partial charge on any atom is -0.353 e. The molecule has 0 unspecified atom stereocenters. The van der Waals surface area contributed by atoms with E-state index in [4.69, 9.17) is 0 Å². The van der Waals surface area contributed by atoms with Crippen molar-refractivity contribution in [2.75, 3.05) is 10.6 Å². The van der Waals surface area contributed by atoms with Gasteiger partial charge >= 0.3 is 0 Å². The van der Waals surface area contributed by atoms with Gasteiger partial charge in [0.15, 0.2) is 0 Å². The third kappa shape index (κ3) is 4.79. The van der Waals surface area contributed by atoms with Crippen molar-refractivity contribution in [2.45, 2.75) is 33.6 Å². The number of hydrogen-bond donors (Lipinski definition) is 2. The molecule has 134 valence electrons. The van der Waals surface area contributed by atoms with E-state index in [-0.39, 0.29) is 0 Å². The van der Waals surface area contributed by atoms with Crippen LogP contribution >= 0.6 is 0 Å². The molecule has 3 aromatic rings. The molecule has 3 rings (SSSR count). The summed E-state index contributed by atoms with van der Waals surface area (Å²) in [6.07, 6.45) is 9.23. The van der Waals surface area contributed by atoms with Crippen LogP contribution in [0.4, 0.5) is 23.0 Å². The standard InChI is InChI=1S/C21H25N5/c1-4-17-12-22-10-9-20(17)25-19-13-23-21(24-14-19)26-18-7-5-16(6-8-18)11-15(2)3/h5-10,12-15H,4,11H2,1-3H3,(H,22,25)(H,23,24,26). The van der Waals surface area contributed by atoms with Gasteiger partial charge in [-0.2, -0.15) is 0 Å². The number of anilines is 4. The van der Waals surface area contributed by atoms with E-state index < -0.39 is 0 Å². The van der Waals surface area contributed by atoms with Gasteiger partial charge in [-0.15, -0.1) is 0 Å². The average Bonchev–Trinajstić information content (AvgIpc) is 2.65. The molecule has 26 heavy (non-hydrogen) atoms. The quantitative estimate of drug-likeness (QED) is 0.621. The lowest BCUT2D eigenvalue weighted by Crippen LogP contribution is -2.00. The highest BCUT2D eigenvalue weighted by atomic mass is 15.1. The maximum Gasteiger partial charge on any atom is 0.227 e. The van der Waals surface area contributed by atoms with Crippen molar-refractivity contribution in [3.05, 3.63) is 66.2 Å². The molecule has 0 amide bonds. The van der Waals surface area contributed by atoms with Crippen molar-refractivity contribution in [3.8, 4) is 0 Å².